The maximum absolute atomic E-state index is 11.8. The molecule has 0 bridgehead atoms. The van der Waals surface area contributed by atoms with Gasteiger partial charge in [0.2, 0.25) is 11.7 Å². The van der Waals surface area contributed by atoms with Crippen molar-refractivity contribution in [3.63, 3.8) is 0 Å². The molecule has 3 aliphatic rings. The highest BCUT2D eigenvalue weighted by Gasteiger charge is 2.32. The van der Waals surface area contributed by atoms with Gasteiger partial charge in [0, 0.05) is 47.6 Å². The first-order valence-electron chi connectivity index (χ1n) is 7.92. The fourth-order valence-corrected chi connectivity index (χ4v) is 3.30. The van der Waals surface area contributed by atoms with Gasteiger partial charge < -0.3 is 10.2 Å². The third-order valence-corrected chi connectivity index (χ3v) is 4.43. The van der Waals surface area contributed by atoms with E-state index in [0.717, 1.165) is 46.9 Å². The quantitative estimate of drug-likeness (QED) is 0.859. The standard InChI is InChI=1S/C17H13N7O/c25-14-6-5-12-9-18-17(24-8-7-13(19-14)15(12)24)11-3-1-10(2-4-11)16-20-22-23-21-16/h1-6,9H,7-8H2,(H,19,25)(H,20,21,22,23). The highest BCUT2D eigenvalue weighted by Crippen LogP contribution is 2.34. The molecule has 4 heterocycles. The molecule has 122 valence electrons. The van der Waals surface area contributed by atoms with Crippen LogP contribution in [0.25, 0.3) is 11.4 Å². The van der Waals surface area contributed by atoms with Gasteiger partial charge in [-0.05, 0) is 11.3 Å². The Labute approximate surface area is 142 Å². The number of rotatable bonds is 2. The van der Waals surface area contributed by atoms with Crippen molar-refractivity contribution in [1.29, 1.82) is 0 Å². The number of aliphatic imine (C=N–C) groups is 1. The summed E-state index contributed by atoms with van der Waals surface area (Å²) in [5.74, 6) is 1.34. The average molecular weight is 331 g/mol. The van der Waals surface area contributed by atoms with E-state index >= 15 is 0 Å². The number of nitrogens with zero attached hydrogens (tertiary/aromatic N) is 5. The van der Waals surface area contributed by atoms with E-state index in [2.05, 4.69) is 35.8 Å². The number of carbonyl (C=O) groups excluding carboxylic acids is 1. The van der Waals surface area contributed by atoms with Crippen LogP contribution < -0.4 is 5.32 Å². The van der Waals surface area contributed by atoms with E-state index in [4.69, 9.17) is 0 Å². The molecule has 8 heteroatoms. The van der Waals surface area contributed by atoms with E-state index in [1.807, 2.05) is 36.5 Å². The maximum atomic E-state index is 11.8. The van der Waals surface area contributed by atoms with Gasteiger partial charge in [0.25, 0.3) is 0 Å². The molecule has 1 aromatic carbocycles. The number of hydrogen-bond donors (Lipinski definition) is 2. The van der Waals surface area contributed by atoms with Crippen LogP contribution in [0.1, 0.15) is 12.0 Å². The molecule has 0 radical (unpaired) electrons. The van der Waals surface area contributed by atoms with Crippen molar-refractivity contribution in [3.05, 3.63) is 65.1 Å². The molecule has 0 saturated heterocycles. The predicted molar refractivity (Wildman–Crippen MR) is 89.9 cm³/mol. The molecule has 1 aromatic heterocycles. The Bertz CT molecular complexity index is 981. The van der Waals surface area contributed by atoms with Crippen LogP contribution in [0.2, 0.25) is 0 Å². The van der Waals surface area contributed by atoms with Crippen molar-refractivity contribution in [2.45, 2.75) is 6.42 Å². The summed E-state index contributed by atoms with van der Waals surface area (Å²) in [4.78, 5) is 18.6. The number of benzene rings is 1. The second kappa shape index (κ2) is 5.23. The molecule has 8 nitrogen and oxygen atoms in total. The molecule has 0 spiro atoms. The van der Waals surface area contributed by atoms with Crippen LogP contribution in [-0.2, 0) is 4.79 Å². The number of allylic oxidation sites excluding steroid dienone is 1. The molecular formula is C17H13N7O. The molecule has 1 amide bonds. The van der Waals surface area contributed by atoms with Gasteiger partial charge in [0.1, 0.15) is 5.84 Å². The number of aromatic amines is 1. The summed E-state index contributed by atoms with van der Waals surface area (Å²) in [7, 11) is 0. The van der Waals surface area contributed by atoms with E-state index < -0.39 is 0 Å². The van der Waals surface area contributed by atoms with Crippen LogP contribution in [0.3, 0.4) is 0 Å². The molecule has 0 aliphatic carbocycles. The lowest BCUT2D eigenvalue weighted by atomic mass is 10.1. The Morgan fingerprint density at radius 1 is 1.08 bits per heavy atom. The first-order valence-corrected chi connectivity index (χ1v) is 7.92. The lowest BCUT2D eigenvalue weighted by molar-refractivity contribution is -0.115. The highest BCUT2D eigenvalue weighted by atomic mass is 16.1. The molecule has 3 aliphatic heterocycles. The molecule has 0 fully saturated rings. The Kier molecular flexibility index (Phi) is 2.90. The second-order valence-electron chi connectivity index (χ2n) is 5.90. The van der Waals surface area contributed by atoms with Crippen LogP contribution in [-0.4, -0.2) is 43.8 Å². The van der Waals surface area contributed by atoms with Crippen LogP contribution in [0.4, 0.5) is 0 Å². The molecule has 0 atom stereocenters. The van der Waals surface area contributed by atoms with Gasteiger partial charge in [-0.3, -0.25) is 4.79 Å². The van der Waals surface area contributed by atoms with Crippen molar-refractivity contribution in [2.24, 2.45) is 4.99 Å². The second-order valence-corrected chi connectivity index (χ2v) is 5.90. The number of tetrazole rings is 1. The van der Waals surface area contributed by atoms with E-state index in [1.54, 1.807) is 6.08 Å². The Balaban J connectivity index is 1.54. The van der Waals surface area contributed by atoms with Crippen molar-refractivity contribution in [3.8, 4) is 11.4 Å². The number of nitrogens with one attached hydrogen (secondary N) is 2. The van der Waals surface area contributed by atoms with Crippen LogP contribution >= 0.6 is 0 Å². The third-order valence-electron chi connectivity index (χ3n) is 4.43. The number of amides is 1. The lowest BCUT2D eigenvalue weighted by Crippen LogP contribution is -2.31. The van der Waals surface area contributed by atoms with Gasteiger partial charge in [-0.2, -0.15) is 5.21 Å². The van der Waals surface area contributed by atoms with Gasteiger partial charge in [-0.15, -0.1) is 10.2 Å². The van der Waals surface area contributed by atoms with Crippen LogP contribution in [0, 0.1) is 0 Å². The summed E-state index contributed by atoms with van der Waals surface area (Å²) in [6.45, 7) is 0.793. The van der Waals surface area contributed by atoms with Gasteiger partial charge in [0.15, 0.2) is 0 Å². The van der Waals surface area contributed by atoms with Gasteiger partial charge in [-0.1, -0.05) is 24.3 Å². The lowest BCUT2D eigenvalue weighted by Gasteiger charge is -2.27. The van der Waals surface area contributed by atoms with Crippen molar-refractivity contribution >= 4 is 11.7 Å². The highest BCUT2D eigenvalue weighted by molar-refractivity contribution is 6.03. The maximum Gasteiger partial charge on any atom is 0.248 e. The fraction of sp³-hybridized carbons (Fsp3) is 0.118. The first-order chi connectivity index (χ1) is 12.3. The summed E-state index contributed by atoms with van der Waals surface area (Å²) in [6, 6.07) is 7.88. The van der Waals surface area contributed by atoms with Crippen molar-refractivity contribution < 1.29 is 4.79 Å². The monoisotopic (exact) mass is 331 g/mol. The summed E-state index contributed by atoms with van der Waals surface area (Å²) >= 11 is 0. The minimum Gasteiger partial charge on any atom is -0.324 e. The number of aromatic nitrogens is 4. The molecular weight excluding hydrogens is 318 g/mol. The van der Waals surface area contributed by atoms with Crippen molar-refractivity contribution in [1.82, 2.24) is 30.8 Å². The Hall–Kier alpha value is -3.55. The summed E-state index contributed by atoms with van der Waals surface area (Å²) in [6.07, 6.45) is 5.97. The molecule has 0 unspecified atom stereocenters. The summed E-state index contributed by atoms with van der Waals surface area (Å²) in [5, 5.41) is 17.0. The Morgan fingerprint density at radius 3 is 2.72 bits per heavy atom. The number of carbonyl (C=O) groups is 1. The van der Waals surface area contributed by atoms with Crippen LogP contribution in [0.15, 0.2) is 64.6 Å². The molecule has 5 rings (SSSR count). The normalized spacial score (nSPS) is 18.6. The number of amidine groups is 1. The predicted octanol–water partition coefficient (Wildman–Crippen LogP) is 1.11. The van der Waals surface area contributed by atoms with Gasteiger partial charge >= 0.3 is 0 Å². The third kappa shape index (κ3) is 2.18. The zero-order valence-electron chi connectivity index (χ0n) is 13.1. The van der Waals surface area contributed by atoms with Crippen molar-refractivity contribution in [2.75, 3.05) is 6.54 Å². The molecule has 25 heavy (non-hydrogen) atoms. The summed E-state index contributed by atoms with van der Waals surface area (Å²) < 4.78 is 0. The fourth-order valence-electron chi connectivity index (χ4n) is 3.30. The molecule has 0 saturated carbocycles. The minimum atomic E-state index is -0.0920. The Morgan fingerprint density at radius 2 is 1.92 bits per heavy atom. The van der Waals surface area contributed by atoms with Gasteiger partial charge in [-0.25, -0.2) is 4.99 Å². The first kappa shape index (κ1) is 13.8. The van der Waals surface area contributed by atoms with E-state index in [1.165, 1.54) is 0 Å². The number of hydrogen-bond acceptors (Lipinski definition) is 6. The SMILES string of the molecule is O=C1C=CC2=CN=C(c3ccc(-c4nn[nH]n4)cc3)N3CCC(=C23)N1. The number of H-pyrrole nitrogens is 1. The molecule has 2 N–H and O–H groups in total. The minimum absolute atomic E-state index is 0.0920. The van der Waals surface area contributed by atoms with E-state index in [-0.39, 0.29) is 5.91 Å². The zero-order chi connectivity index (χ0) is 16.8. The van der Waals surface area contributed by atoms with Gasteiger partial charge in [0.05, 0.1) is 5.70 Å². The topological polar surface area (TPSA) is 99.2 Å². The molecule has 2 aromatic rings. The average Bonchev–Trinajstić information content (AvgIpc) is 3.28. The van der Waals surface area contributed by atoms with Crippen LogP contribution in [0.5, 0.6) is 0 Å². The smallest absolute Gasteiger partial charge is 0.248 e. The van der Waals surface area contributed by atoms with E-state index in [0.29, 0.717) is 5.82 Å². The van der Waals surface area contributed by atoms with E-state index in [9.17, 15) is 4.79 Å². The zero-order valence-corrected chi connectivity index (χ0v) is 13.1. The largest absolute Gasteiger partial charge is 0.324 e. The summed E-state index contributed by atoms with van der Waals surface area (Å²) in [5.41, 5.74) is 4.83.